The first-order chi connectivity index (χ1) is 10.0. The SMILES string of the molecule is O=S(=O)(NCC1CCC1)c1cc(F)ccc1CNC1CC1. The molecule has 0 spiro atoms. The minimum Gasteiger partial charge on any atom is -0.310 e. The molecule has 4 nitrogen and oxygen atoms in total. The van der Waals surface area contributed by atoms with Gasteiger partial charge in [0.25, 0.3) is 0 Å². The summed E-state index contributed by atoms with van der Waals surface area (Å²) in [7, 11) is -3.64. The van der Waals surface area contributed by atoms with Crippen LogP contribution in [0.4, 0.5) is 4.39 Å². The Labute approximate surface area is 125 Å². The average molecular weight is 312 g/mol. The molecule has 0 amide bonds. The Kier molecular flexibility index (Phi) is 4.28. The lowest BCUT2D eigenvalue weighted by molar-refractivity contribution is 0.316. The Morgan fingerprint density at radius 3 is 2.57 bits per heavy atom. The molecule has 0 aromatic heterocycles. The second-order valence-electron chi connectivity index (χ2n) is 6.06. The standard InChI is InChI=1S/C15H21FN2O2S/c16-13-5-4-12(10-17-14-6-7-14)15(8-13)21(19,20)18-9-11-2-1-3-11/h4-5,8,11,14,17-18H,1-3,6-7,9-10H2. The lowest BCUT2D eigenvalue weighted by atomic mass is 9.86. The third kappa shape index (κ3) is 3.81. The van der Waals surface area contributed by atoms with Gasteiger partial charge < -0.3 is 5.32 Å². The van der Waals surface area contributed by atoms with Gasteiger partial charge in [-0.05, 0) is 49.3 Å². The van der Waals surface area contributed by atoms with Crippen molar-refractivity contribution in [1.82, 2.24) is 10.0 Å². The maximum Gasteiger partial charge on any atom is 0.241 e. The number of hydrogen-bond donors (Lipinski definition) is 2. The van der Waals surface area contributed by atoms with Crippen LogP contribution in [0, 0.1) is 11.7 Å². The molecule has 0 saturated heterocycles. The summed E-state index contributed by atoms with van der Waals surface area (Å²) in [6, 6.07) is 4.47. The van der Waals surface area contributed by atoms with Gasteiger partial charge in [-0.15, -0.1) is 0 Å². The van der Waals surface area contributed by atoms with Crippen LogP contribution in [0.25, 0.3) is 0 Å². The van der Waals surface area contributed by atoms with E-state index in [0.29, 0.717) is 30.6 Å². The van der Waals surface area contributed by atoms with Crippen LogP contribution in [-0.2, 0) is 16.6 Å². The molecule has 0 unspecified atom stereocenters. The van der Waals surface area contributed by atoms with Gasteiger partial charge in [-0.1, -0.05) is 12.5 Å². The second kappa shape index (κ2) is 6.02. The largest absolute Gasteiger partial charge is 0.310 e. The summed E-state index contributed by atoms with van der Waals surface area (Å²) < 4.78 is 40.9. The van der Waals surface area contributed by atoms with Crippen LogP contribution in [0.5, 0.6) is 0 Å². The molecule has 2 N–H and O–H groups in total. The Balaban J connectivity index is 1.74. The molecule has 21 heavy (non-hydrogen) atoms. The highest BCUT2D eigenvalue weighted by atomic mass is 32.2. The van der Waals surface area contributed by atoms with E-state index in [0.717, 1.165) is 31.7 Å². The number of halogens is 1. The summed E-state index contributed by atoms with van der Waals surface area (Å²) in [4.78, 5) is 0.0648. The van der Waals surface area contributed by atoms with E-state index in [9.17, 15) is 12.8 Å². The molecule has 2 aliphatic carbocycles. The molecule has 0 bridgehead atoms. The predicted molar refractivity (Wildman–Crippen MR) is 78.8 cm³/mol. The van der Waals surface area contributed by atoms with Gasteiger partial charge in [0.2, 0.25) is 10.0 Å². The first-order valence-corrected chi connectivity index (χ1v) is 9.04. The van der Waals surface area contributed by atoms with Crippen LogP contribution in [0.15, 0.2) is 23.1 Å². The quantitative estimate of drug-likeness (QED) is 0.811. The summed E-state index contributed by atoms with van der Waals surface area (Å²) in [5.41, 5.74) is 0.629. The fraction of sp³-hybridized carbons (Fsp3) is 0.600. The van der Waals surface area contributed by atoms with Gasteiger partial charge in [0.15, 0.2) is 0 Å². The third-order valence-electron chi connectivity index (χ3n) is 4.26. The van der Waals surface area contributed by atoms with Crippen molar-refractivity contribution in [3.8, 4) is 0 Å². The molecular weight excluding hydrogens is 291 g/mol. The van der Waals surface area contributed by atoms with E-state index < -0.39 is 15.8 Å². The lowest BCUT2D eigenvalue weighted by Crippen LogP contribution is -2.33. The molecule has 1 aromatic rings. The highest BCUT2D eigenvalue weighted by molar-refractivity contribution is 7.89. The molecule has 0 radical (unpaired) electrons. The minimum absolute atomic E-state index is 0.0648. The van der Waals surface area contributed by atoms with Gasteiger partial charge in [0, 0.05) is 19.1 Å². The van der Waals surface area contributed by atoms with Gasteiger partial charge in [-0.3, -0.25) is 0 Å². The Morgan fingerprint density at radius 1 is 1.19 bits per heavy atom. The summed E-state index contributed by atoms with van der Waals surface area (Å²) in [5.74, 6) is -0.0874. The average Bonchev–Trinajstić information content (AvgIpc) is 3.19. The molecular formula is C15H21FN2O2S. The van der Waals surface area contributed by atoms with Crippen molar-refractivity contribution in [2.45, 2.75) is 49.6 Å². The van der Waals surface area contributed by atoms with E-state index in [4.69, 9.17) is 0 Å². The molecule has 116 valence electrons. The van der Waals surface area contributed by atoms with Gasteiger partial charge >= 0.3 is 0 Å². The van der Waals surface area contributed by atoms with Gasteiger partial charge in [-0.2, -0.15) is 0 Å². The zero-order chi connectivity index (χ0) is 14.9. The number of rotatable bonds is 7. The van der Waals surface area contributed by atoms with Crippen LogP contribution in [0.2, 0.25) is 0 Å². The maximum absolute atomic E-state index is 13.5. The minimum atomic E-state index is -3.64. The van der Waals surface area contributed by atoms with Crippen molar-refractivity contribution < 1.29 is 12.8 Å². The molecule has 2 saturated carbocycles. The van der Waals surface area contributed by atoms with Crippen molar-refractivity contribution in [2.75, 3.05) is 6.54 Å². The van der Waals surface area contributed by atoms with Crippen molar-refractivity contribution in [3.05, 3.63) is 29.6 Å². The van der Waals surface area contributed by atoms with Crippen molar-refractivity contribution in [1.29, 1.82) is 0 Å². The second-order valence-corrected chi connectivity index (χ2v) is 7.79. The Bertz CT molecular complexity index is 610. The molecule has 6 heteroatoms. The highest BCUT2D eigenvalue weighted by Crippen LogP contribution is 2.26. The van der Waals surface area contributed by atoms with E-state index in [1.165, 1.54) is 12.5 Å². The fourth-order valence-corrected chi connectivity index (χ4v) is 3.83. The molecule has 2 fully saturated rings. The van der Waals surface area contributed by atoms with Gasteiger partial charge in [0.05, 0.1) is 4.90 Å². The normalized spacial score (nSPS) is 19.5. The fourth-order valence-electron chi connectivity index (χ4n) is 2.47. The Morgan fingerprint density at radius 2 is 1.95 bits per heavy atom. The van der Waals surface area contributed by atoms with E-state index in [-0.39, 0.29) is 4.90 Å². The van der Waals surface area contributed by atoms with Gasteiger partial charge in [0.1, 0.15) is 5.82 Å². The van der Waals surface area contributed by atoms with Crippen LogP contribution in [0.1, 0.15) is 37.7 Å². The first-order valence-electron chi connectivity index (χ1n) is 7.56. The van der Waals surface area contributed by atoms with E-state index in [2.05, 4.69) is 10.0 Å². The molecule has 3 rings (SSSR count). The number of benzene rings is 1. The third-order valence-corrected chi connectivity index (χ3v) is 5.77. The smallest absolute Gasteiger partial charge is 0.241 e. The highest BCUT2D eigenvalue weighted by Gasteiger charge is 2.25. The zero-order valence-corrected chi connectivity index (χ0v) is 12.8. The topological polar surface area (TPSA) is 58.2 Å². The zero-order valence-electron chi connectivity index (χ0n) is 11.9. The summed E-state index contributed by atoms with van der Waals surface area (Å²) in [6.07, 6.45) is 5.57. The number of hydrogen-bond acceptors (Lipinski definition) is 3. The Hall–Kier alpha value is -0.980. The van der Waals surface area contributed by atoms with Crippen LogP contribution in [-0.4, -0.2) is 21.0 Å². The van der Waals surface area contributed by atoms with Crippen molar-refractivity contribution in [2.24, 2.45) is 5.92 Å². The number of sulfonamides is 1. The van der Waals surface area contributed by atoms with Crippen LogP contribution >= 0.6 is 0 Å². The van der Waals surface area contributed by atoms with E-state index in [1.54, 1.807) is 6.07 Å². The predicted octanol–water partition coefficient (Wildman–Crippen LogP) is 2.16. The monoisotopic (exact) mass is 312 g/mol. The summed E-state index contributed by atoms with van der Waals surface area (Å²) in [6.45, 7) is 0.916. The molecule has 1 aromatic carbocycles. The molecule has 0 heterocycles. The van der Waals surface area contributed by atoms with E-state index in [1.807, 2.05) is 0 Å². The molecule has 2 aliphatic rings. The lowest BCUT2D eigenvalue weighted by Gasteiger charge is -2.25. The molecule has 0 atom stereocenters. The first kappa shape index (κ1) is 14.9. The number of nitrogens with one attached hydrogen (secondary N) is 2. The van der Waals surface area contributed by atoms with Crippen LogP contribution < -0.4 is 10.0 Å². The van der Waals surface area contributed by atoms with Crippen molar-refractivity contribution in [3.63, 3.8) is 0 Å². The summed E-state index contributed by atoms with van der Waals surface area (Å²) >= 11 is 0. The maximum atomic E-state index is 13.5. The van der Waals surface area contributed by atoms with E-state index >= 15 is 0 Å². The summed E-state index contributed by atoms with van der Waals surface area (Å²) in [5, 5.41) is 3.28. The molecule has 0 aliphatic heterocycles. The van der Waals surface area contributed by atoms with Crippen LogP contribution in [0.3, 0.4) is 0 Å². The van der Waals surface area contributed by atoms with Crippen molar-refractivity contribution >= 4 is 10.0 Å². The van der Waals surface area contributed by atoms with Gasteiger partial charge in [-0.25, -0.2) is 17.5 Å².